The van der Waals surface area contributed by atoms with Crippen molar-refractivity contribution in [1.82, 2.24) is 10.2 Å². The third kappa shape index (κ3) is 4.79. The van der Waals surface area contributed by atoms with Crippen molar-refractivity contribution in [3.05, 3.63) is 68.7 Å². The number of hydrogen-bond acceptors (Lipinski definition) is 2. The zero-order chi connectivity index (χ0) is 20.4. The predicted octanol–water partition coefficient (Wildman–Crippen LogP) is 5.57. The number of rotatable bonds is 5. The maximum absolute atomic E-state index is 12.8. The maximum atomic E-state index is 12.8. The van der Waals surface area contributed by atoms with Crippen molar-refractivity contribution in [2.24, 2.45) is 5.92 Å². The molecule has 1 atom stereocenters. The second-order valence-corrected chi connectivity index (χ2v) is 9.18. The first-order valence-electron chi connectivity index (χ1n) is 10.6. The molecule has 0 aromatic heterocycles. The maximum Gasteiger partial charge on any atom is 0.223 e. The van der Waals surface area contributed by atoms with Gasteiger partial charge in [0, 0.05) is 28.1 Å². The molecule has 0 spiro atoms. The van der Waals surface area contributed by atoms with Crippen LogP contribution in [0, 0.1) is 5.92 Å². The lowest BCUT2D eigenvalue weighted by Crippen LogP contribution is -2.41. The number of nitrogens with one attached hydrogen (secondary N) is 1. The monoisotopic (exact) mass is 430 g/mol. The van der Waals surface area contributed by atoms with Crippen LogP contribution in [-0.4, -0.2) is 23.9 Å². The Bertz CT molecular complexity index is 870. The highest BCUT2D eigenvalue weighted by molar-refractivity contribution is 6.35. The Hall–Kier alpha value is -1.55. The van der Waals surface area contributed by atoms with Crippen molar-refractivity contribution in [1.29, 1.82) is 0 Å². The summed E-state index contributed by atoms with van der Waals surface area (Å²) in [6.07, 6.45) is 5.33. The number of benzene rings is 2. The Morgan fingerprint density at radius 2 is 1.79 bits per heavy atom. The van der Waals surface area contributed by atoms with E-state index >= 15 is 0 Å². The summed E-state index contributed by atoms with van der Waals surface area (Å²) in [7, 11) is 0. The van der Waals surface area contributed by atoms with Gasteiger partial charge in [-0.3, -0.25) is 9.69 Å². The number of nitrogens with zero attached hydrogens (tertiary/aromatic N) is 1. The number of aryl methyl sites for hydroxylation is 2. The van der Waals surface area contributed by atoms with Crippen LogP contribution in [0.15, 0.2) is 36.4 Å². The Morgan fingerprint density at radius 3 is 2.52 bits per heavy atom. The fourth-order valence-electron chi connectivity index (χ4n) is 4.54. The molecular formula is C24H28Cl2N2O. The Morgan fingerprint density at radius 1 is 1.10 bits per heavy atom. The number of likely N-dealkylation sites (tertiary alicyclic amines) is 1. The van der Waals surface area contributed by atoms with E-state index in [-0.39, 0.29) is 17.9 Å². The third-order valence-electron chi connectivity index (χ3n) is 6.38. The van der Waals surface area contributed by atoms with Gasteiger partial charge in [-0.05, 0) is 80.9 Å². The van der Waals surface area contributed by atoms with Crippen LogP contribution < -0.4 is 5.32 Å². The molecule has 1 aliphatic carbocycles. The predicted molar refractivity (Wildman–Crippen MR) is 119 cm³/mol. The molecule has 0 unspecified atom stereocenters. The van der Waals surface area contributed by atoms with Gasteiger partial charge >= 0.3 is 0 Å². The molecule has 1 fully saturated rings. The first kappa shape index (κ1) is 20.7. The molecule has 3 nitrogen and oxygen atoms in total. The van der Waals surface area contributed by atoms with E-state index in [1.165, 1.54) is 29.5 Å². The van der Waals surface area contributed by atoms with Crippen LogP contribution in [0.1, 0.15) is 54.5 Å². The van der Waals surface area contributed by atoms with E-state index in [0.29, 0.717) is 10.0 Å². The van der Waals surface area contributed by atoms with Crippen LogP contribution in [-0.2, 0) is 24.2 Å². The topological polar surface area (TPSA) is 32.3 Å². The lowest BCUT2D eigenvalue weighted by atomic mass is 9.94. The fourth-order valence-corrected chi connectivity index (χ4v) is 5.05. The molecule has 154 valence electrons. The zero-order valence-corrected chi connectivity index (χ0v) is 18.4. The van der Waals surface area contributed by atoms with Gasteiger partial charge in [-0.15, -0.1) is 0 Å². The van der Waals surface area contributed by atoms with E-state index in [9.17, 15) is 4.79 Å². The van der Waals surface area contributed by atoms with E-state index in [1.807, 2.05) is 18.2 Å². The molecule has 1 N–H and O–H groups in total. The van der Waals surface area contributed by atoms with Crippen LogP contribution in [0.3, 0.4) is 0 Å². The van der Waals surface area contributed by atoms with Gasteiger partial charge < -0.3 is 5.32 Å². The quantitative estimate of drug-likeness (QED) is 0.671. The highest BCUT2D eigenvalue weighted by Crippen LogP contribution is 2.29. The largest absolute Gasteiger partial charge is 0.349 e. The molecule has 0 radical (unpaired) electrons. The van der Waals surface area contributed by atoms with Crippen molar-refractivity contribution >= 4 is 29.1 Å². The second-order valence-electron chi connectivity index (χ2n) is 8.36. The van der Waals surface area contributed by atoms with Crippen molar-refractivity contribution in [2.45, 2.75) is 51.6 Å². The number of fused-ring (bicyclic) bond motifs is 1. The summed E-state index contributed by atoms with van der Waals surface area (Å²) in [4.78, 5) is 15.2. The number of amides is 1. The molecular weight excluding hydrogens is 403 g/mol. The molecule has 0 bridgehead atoms. The van der Waals surface area contributed by atoms with Crippen LogP contribution in [0.2, 0.25) is 10.0 Å². The van der Waals surface area contributed by atoms with Crippen molar-refractivity contribution < 1.29 is 4.79 Å². The summed E-state index contributed by atoms with van der Waals surface area (Å²) in [6.45, 7) is 4.58. The van der Waals surface area contributed by atoms with Gasteiger partial charge in [0.2, 0.25) is 5.91 Å². The first-order chi connectivity index (χ1) is 14.0. The van der Waals surface area contributed by atoms with Crippen molar-refractivity contribution in [3.63, 3.8) is 0 Å². The minimum absolute atomic E-state index is 0.0494. The van der Waals surface area contributed by atoms with E-state index < -0.39 is 0 Å². The SMILES string of the molecule is C[C@H](NC(=O)C1CCN(Cc2c(Cl)cccc2Cl)CC1)c1ccc2c(c1)CCC2. The third-order valence-corrected chi connectivity index (χ3v) is 7.09. The minimum atomic E-state index is 0.0494. The molecule has 2 aromatic carbocycles. The summed E-state index contributed by atoms with van der Waals surface area (Å²) < 4.78 is 0. The van der Waals surface area contributed by atoms with Crippen LogP contribution >= 0.6 is 23.2 Å². The molecule has 2 aromatic rings. The Kier molecular flexibility index (Phi) is 6.48. The van der Waals surface area contributed by atoms with Crippen LogP contribution in [0.5, 0.6) is 0 Å². The van der Waals surface area contributed by atoms with E-state index in [1.54, 1.807) is 0 Å². The Labute approximate surface area is 183 Å². The van der Waals surface area contributed by atoms with Crippen molar-refractivity contribution in [3.8, 4) is 0 Å². The number of hydrogen-bond donors (Lipinski definition) is 1. The number of carbonyl (C=O) groups is 1. The lowest BCUT2D eigenvalue weighted by Gasteiger charge is -2.32. The normalized spacial score (nSPS) is 18.4. The Balaban J connectivity index is 1.30. The molecule has 5 heteroatoms. The summed E-state index contributed by atoms with van der Waals surface area (Å²) in [5.41, 5.74) is 5.11. The van der Waals surface area contributed by atoms with Gasteiger partial charge in [-0.1, -0.05) is 47.5 Å². The average molecular weight is 431 g/mol. The van der Waals surface area contributed by atoms with E-state index in [2.05, 4.69) is 35.3 Å². The highest BCUT2D eigenvalue weighted by atomic mass is 35.5. The molecule has 0 saturated carbocycles. The zero-order valence-electron chi connectivity index (χ0n) is 16.9. The number of piperidine rings is 1. The number of carbonyl (C=O) groups excluding carboxylic acids is 1. The summed E-state index contributed by atoms with van der Waals surface area (Å²) >= 11 is 12.6. The average Bonchev–Trinajstić information content (AvgIpc) is 3.19. The van der Waals surface area contributed by atoms with Gasteiger partial charge in [0.15, 0.2) is 0 Å². The van der Waals surface area contributed by atoms with Gasteiger partial charge in [-0.2, -0.15) is 0 Å². The highest BCUT2D eigenvalue weighted by Gasteiger charge is 2.27. The molecule has 4 rings (SSSR count). The van der Waals surface area contributed by atoms with Crippen LogP contribution in [0.4, 0.5) is 0 Å². The smallest absolute Gasteiger partial charge is 0.223 e. The van der Waals surface area contributed by atoms with E-state index in [0.717, 1.165) is 44.5 Å². The molecule has 1 saturated heterocycles. The van der Waals surface area contributed by atoms with E-state index in [4.69, 9.17) is 23.2 Å². The van der Waals surface area contributed by atoms with Gasteiger partial charge in [0.05, 0.1) is 6.04 Å². The standard InChI is InChI=1S/C24H28Cl2N2O/c1-16(19-9-8-17-4-2-5-20(17)14-19)27-24(29)18-10-12-28(13-11-18)15-21-22(25)6-3-7-23(21)26/h3,6-9,14,16,18H,2,4-5,10-13,15H2,1H3,(H,27,29)/t16-/m0/s1. The minimum Gasteiger partial charge on any atom is -0.349 e. The summed E-state index contributed by atoms with van der Waals surface area (Å²) in [6, 6.07) is 12.4. The molecule has 29 heavy (non-hydrogen) atoms. The summed E-state index contributed by atoms with van der Waals surface area (Å²) in [5, 5.41) is 4.66. The van der Waals surface area contributed by atoms with Gasteiger partial charge in [-0.25, -0.2) is 0 Å². The van der Waals surface area contributed by atoms with Gasteiger partial charge in [0.1, 0.15) is 0 Å². The van der Waals surface area contributed by atoms with Crippen LogP contribution in [0.25, 0.3) is 0 Å². The summed E-state index contributed by atoms with van der Waals surface area (Å²) in [5.74, 6) is 0.248. The molecule has 2 aliphatic rings. The lowest BCUT2D eigenvalue weighted by molar-refractivity contribution is -0.127. The molecule has 1 heterocycles. The molecule has 1 aliphatic heterocycles. The molecule has 1 amide bonds. The number of halogens is 2. The second kappa shape index (κ2) is 9.07. The first-order valence-corrected chi connectivity index (χ1v) is 11.3. The van der Waals surface area contributed by atoms with Gasteiger partial charge in [0.25, 0.3) is 0 Å². The van der Waals surface area contributed by atoms with Crippen molar-refractivity contribution in [2.75, 3.05) is 13.1 Å². The fraction of sp³-hybridized carbons (Fsp3) is 0.458.